The molecule has 154 valence electrons. The van der Waals surface area contributed by atoms with Gasteiger partial charge in [-0.05, 0) is 97.4 Å². The van der Waals surface area contributed by atoms with Crippen LogP contribution in [0.5, 0.6) is 0 Å². The molecule has 2 heterocycles. The number of rotatable bonds is 2. The molecule has 0 radical (unpaired) electrons. The van der Waals surface area contributed by atoms with E-state index in [0.29, 0.717) is 0 Å². The Kier molecular flexibility index (Phi) is 4.50. The minimum absolute atomic E-state index is 0.229. The van der Waals surface area contributed by atoms with E-state index in [2.05, 4.69) is 65.0 Å². The average molecular weight is 398 g/mol. The molecule has 0 amide bonds. The zero-order valence-electron chi connectivity index (χ0n) is 18.9. The fraction of sp³-hybridized carbons (Fsp3) is 0.393. The molecule has 0 fully saturated rings. The first-order valence-electron chi connectivity index (χ1n) is 11.2. The molecule has 0 spiro atoms. The van der Waals surface area contributed by atoms with Crippen LogP contribution in [0, 0.1) is 19.3 Å². The lowest BCUT2D eigenvalue weighted by Crippen LogP contribution is -2.14. The Morgan fingerprint density at radius 1 is 0.967 bits per heavy atom. The predicted octanol–water partition coefficient (Wildman–Crippen LogP) is 7.73. The second-order valence-corrected chi connectivity index (χ2v) is 10.2. The summed E-state index contributed by atoms with van der Waals surface area (Å²) in [7, 11) is 0. The standard InChI is InChI=1S/C28H31NO/c1-17-10-11-20(14-18(17)2)26-27-22(12-13-29-26)25-23(16-28(3,4)5)21-9-7-6-8-19(21)15-24(25)30-27/h10-15H,6-9,16H2,1-5H3. The minimum atomic E-state index is 0.229. The highest BCUT2D eigenvalue weighted by atomic mass is 16.3. The SMILES string of the molecule is Cc1ccc(-c2nccc3c2oc2cc4c(c(CC(C)(C)C)c23)CCCC4)cc1C. The van der Waals surface area contributed by atoms with Gasteiger partial charge in [-0.2, -0.15) is 0 Å². The van der Waals surface area contributed by atoms with E-state index in [1.807, 2.05) is 6.20 Å². The minimum Gasteiger partial charge on any atom is -0.454 e. The van der Waals surface area contributed by atoms with Crippen molar-refractivity contribution in [3.63, 3.8) is 0 Å². The summed E-state index contributed by atoms with van der Waals surface area (Å²) >= 11 is 0. The molecule has 4 aromatic rings. The lowest BCUT2D eigenvalue weighted by molar-refractivity contribution is 0.410. The molecular formula is C28H31NO. The molecule has 2 heteroatoms. The molecule has 1 aliphatic rings. The van der Waals surface area contributed by atoms with E-state index >= 15 is 0 Å². The van der Waals surface area contributed by atoms with Gasteiger partial charge in [-0.15, -0.1) is 0 Å². The molecule has 2 aromatic carbocycles. The van der Waals surface area contributed by atoms with Gasteiger partial charge in [0.25, 0.3) is 0 Å². The van der Waals surface area contributed by atoms with Gasteiger partial charge in [0, 0.05) is 22.5 Å². The number of aryl methyl sites for hydroxylation is 3. The Balaban J connectivity index is 1.83. The summed E-state index contributed by atoms with van der Waals surface area (Å²) in [5, 5.41) is 2.52. The third-order valence-electron chi connectivity index (χ3n) is 6.60. The van der Waals surface area contributed by atoms with Crippen molar-refractivity contribution >= 4 is 21.9 Å². The number of fused-ring (bicyclic) bond motifs is 4. The van der Waals surface area contributed by atoms with Gasteiger partial charge >= 0.3 is 0 Å². The molecule has 0 unspecified atom stereocenters. The Labute approximate surface area is 179 Å². The lowest BCUT2D eigenvalue weighted by atomic mass is 9.79. The smallest absolute Gasteiger partial charge is 0.161 e. The first-order chi connectivity index (χ1) is 14.3. The lowest BCUT2D eigenvalue weighted by Gasteiger charge is -2.25. The van der Waals surface area contributed by atoms with E-state index in [9.17, 15) is 0 Å². The van der Waals surface area contributed by atoms with Crippen LogP contribution in [0.25, 0.3) is 33.2 Å². The van der Waals surface area contributed by atoms with Gasteiger partial charge in [0.05, 0.1) is 0 Å². The fourth-order valence-electron chi connectivity index (χ4n) is 5.02. The van der Waals surface area contributed by atoms with Gasteiger partial charge in [0.2, 0.25) is 0 Å². The highest BCUT2D eigenvalue weighted by molar-refractivity contribution is 6.10. The van der Waals surface area contributed by atoms with Crippen LogP contribution >= 0.6 is 0 Å². The molecule has 2 nitrogen and oxygen atoms in total. The highest BCUT2D eigenvalue weighted by Gasteiger charge is 2.25. The molecule has 0 saturated heterocycles. The summed E-state index contributed by atoms with van der Waals surface area (Å²) in [6.07, 6.45) is 7.95. The van der Waals surface area contributed by atoms with Crippen LogP contribution in [-0.2, 0) is 19.3 Å². The van der Waals surface area contributed by atoms with Crippen LogP contribution in [0.2, 0.25) is 0 Å². The van der Waals surface area contributed by atoms with E-state index in [-0.39, 0.29) is 5.41 Å². The largest absolute Gasteiger partial charge is 0.454 e. The molecule has 5 rings (SSSR count). The van der Waals surface area contributed by atoms with Crippen molar-refractivity contribution in [1.82, 2.24) is 4.98 Å². The molecule has 30 heavy (non-hydrogen) atoms. The fourth-order valence-corrected chi connectivity index (χ4v) is 5.02. The molecule has 0 bridgehead atoms. The summed E-state index contributed by atoms with van der Waals surface area (Å²) in [6.45, 7) is 11.3. The van der Waals surface area contributed by atoms with Gasteiger partial charge in [-0.1, -0.05) is 32.9 Å². The van der Waals surface area contributed by atoms with Crippen molar-refractivity contribution in [2.45, 2.75) is 66.7 Å². The van der Waals surface area contributed by atoms with Crippen molar-refractivity contribution in [2.75, 3.05) is 0 Å². The first kappa shape index (κ1) is 19.4. The van der Waals surface area contributed by atoms with Gasteiger partial charge in [0.1, 0.15) is 11.3 Å². The van der Waals surface area contributed by atoms with E-state index in [1.165, 1.54) is 58.7 Å². The van der Waals surface area contributed by atoms with Crippen LogP contribution in [0.15, 0.2) is 40.9 Å². The maximum Gasteiger partial charge on any atom is 0.161 e. The summed E-state index contributed by atoms with van der Waals surface area (Å²) in [5.74, 6) is 0. The van der Waals surface area contributed by atoms with Crippen LogP contribution in [-0.4, -0.2) is 4.98 Å². The Morgan fingerprint density at radius 2 is 1.77 bits per heavy atom. The topological polar surface area (TPSA) is 26.0 Å². The van der Waals surface area contributed by atoms with Crippen molar-refractivity contribution in [3.05, 3.63) is 64.3 Å². The van der Waals surface area contributed by atoms with Gasteiger partial charge < -0.3 is 4.42 Å². The van der Waals surface area contributed by atoms with E-state index in [0.717, 1.165) is 28.8 Å². The predicted molar refractivity (Wildman–Crippen MR) is 126 cm³/mol. The number of aromatic nitrogens is 1. The summed E-state index contributed by atoms with van der Waals surface area (Å²) in [5.41, 5.74) is 11.4. The average Bonchev–Trinajstić information content (AvgIpc) is 3.07. The summed E-state index contributed by atoms with van der Waals surface area (Å²) in [6, 6.07) is 11.0. The first-order valence-corrected chi connectivity index (χ1v) is 11.2. The Morgan fingerprint density at radius 3 is 2.53 bits per heavy atom. The molecular weight excluding hydrogens is 366 g/mol. The maximum absolute atomic E-state index is 6.57. The Hall–Kier alpha value is -2.61. The summed E-state index contributed by atoms with van der Waals surface area (Å²) in [4.78, 5) is 4.75. The monoisotopic (exact) mass is 397 g/mol. The zero-order valence-corrected chi connectivity index (χ0v) is 18.9. The number of hydrogen-bond acceptors (Lipinski definition) is 2. The zero-order chi connectivity index (χ0) is 21.0. The van der Waals surface area contributed by atoms with Crippen molar-refractivity contribution in [1.29, 1.82) is 0 Å². The summed E-state index contributed by atoms with van der Waals surface area (Å²) < 4.78 is 6.57. The molecule has 1 aliphatic carbocycles. The van der Waals surface area contributed by atoms with Crippen molar-refractivity contribution in [3.8, 4) is 11.3 Å². The second kappa shape index (κ2) is 6.97. The van der Waals surface area contributed by atoms with E-state index < -0.39 is 0 Å². The number of benzene rings is 2. The molecule has 0 atom stereocenters. The normalized spacial score (nSPS) is 14.4. The second-order valence-electron chi connectivity index (χ2n) is 10.2. The third kappa shape index (κ3) is 3.23. The van der Waals surface area contributed by atoms with Gasteiger partial charge in [0.15, 0.2) is 5.58 Å². The van der Waals surface area contributed by atoms with E-state index in [4.69, 9.17) is 9.40 Å². The molecule has 2 aromatic heterocycles. The van der Waals surface area contributed by atoms with Crippen molar-refractivity contribution in [2.24, 2.45) is 5.41 Å². The highest BCUT2D eigenvalue weighted by Crippen LogP contribution is 2.42. The van der Waals surface area contributed by atoms with E-state index in [1.54, 1.807) is 5.56 Å². The molecule has 0 N–H and O–H groups in total. The molecule has 0 saturated carbocycles. The third-order valence-corrected chi connectivity index (χ3v) is 6.60. The number of nitrogens with zero attached hydrogens (tertiary/aromatic N) is 1. The molecule has 0 aliphatic heterocycles. The van der Waals surface area contributed by atoms with Crippen molar-refractivity contribution < 1.29 is 4.42 Å². The maximum atomic E-state index is 6.57. The van der Waals surface area contributed by atoms with Gasteiger partial charge in [-0.3, -0.25) is 4.98 Å². The number of furan rings is 1. The van der Waals surface area contributed by atoms with Crippen LogP contribution < -0.4 is 0 Å². The van der Waals surface area contributed by atoms with Gasteiger partial charge in [-0.25, -0.2) is 0 Å². The number of hydrogen-bond donors (Lipinski definition) is 0. The van der Waals surface area contributed by atoms with Crippen LogP contribution in [0.4, 0.5) is 0 Å². The Bertz CT molecular complexity index is 1270. The quantitative estimate of drug-likeness (QED) is 0.346. The van der Waals surface area contributed by atoms with Crippen LogP contribution in [0.1, 0.15) is 61.4 Å². The van der Waals surface area contributed by atoms with Crippen LogP contribution in [0.3, 0.4) is 0 Å². The number of pyridine rings is 1.